The van der Waals surface area contributed by atoms with Gasteiger partial charge in [-0.3, -0.25) is 9.59 Å². The first kappa shape index (κ1) is 18.8. The van der Waals surface area contributed by atoms with Crippen LogP contribution in [0.3, 0.4) is 0 Å². The molecule has 2 aromatic rings. The highest BCUT2D eigenvalue weighted by molar-refractivity contribution is 6.31. The monoisotopic (exact) mass is 401 g/mol. The molecule has 0 saturated carbocycles. The van der Waals surface area contributed by atoms with Crippen LogP contribution in [0.4, 0.5) is 5.69 Å². The number of rotatable bonds is 5. The number of carbonyl (C=O) groups excluding carboxylic acids is 2. The second kappa shape index (κ2) is 7.11. The molecule has 0 spiro atoms. The Kier molecular flexibility index (Phi) is 4.77. The van der Waals surface area contributed by atoms with Crippen molar-refractivity contribution in [1.29, 1.82) is 0 Å². The van der Waals surface area contributed by atoms with Crippen molar-refractivity contribution in [2.75, 3.05) is 24.7 Å². The number of ketones is 1. The van der Waals surface area contributed by atoms with Crippen LogP contribution in [0, 0.1) is 0 Å². The van der Waals surface area contributed by atoms with E-state index in [1.807, 2.05) is 6.92 Å². The molecule has 0 aliphatic carbocycles. The van der Waals surface area contributed by atoms with E-state index in [0.717, 1.165) is 6.42 Å². The first-order valence-corrected chi connectivity index (χ1v) is 9.59. The fraction of sp³-hybridized carbons (Fsp3) is 0.333. The lowest BCUT2D eigenvalue weighted by molar-refractivity contribution is -0.135. The lowest BCUT2D eigenvalue weighted by Crippen LogP contribution is -2.42. The summed E-state index contributed by atoms with van der Waals surface area (Å²) in [5.74, 6) is 0.192. The predicted molar refractivity (Wildman–Crippen MR) is 104 cm³/mol. The Hall–Kier alpha value is -2.57. The van der Waals surface area contributed by atoms with Crippen molar-refractivity contribution in [2.45, 2.75) is 25.4 Å². The summed E-state index contributed by atoms with van der Waals surface area (Å²) in [4.78, 5) is 27.5. The van der Waals surface area contributed by atoms with Crippen LogP contribution < -0.4 is 14.4 Å². The average molecular weight is 402 g/mol. The van der Waals surface area contributed by atoms with Crippen molar-refractivity contribution in [3.8, 4) is 11.5 Å². The molecule has 0 radical (unpaired) electrons. The van der Waals surface area contributed by atoms with Crippen molar-refractivity contribution in [2.24, 2.45) is 0 Å². The fourth-order valence-electron chi connectivity index (χ4n) is 3.69. The van der Waals surface area contributed by atoms with Gasteiger partial charge >= 0.3 is 0 Å². The van der Waals surface area contributed by atoms with E-state index in [1.165, 1.54) is 4.90 Å². The molecular formula is C21H20ClNO5. The molecule has 0 fully saturated rings. The zero-order valence-corrected chi connectivity index (χ0v) is 16.2. The normalized spacial score (nSPS) is 20.2. The Bertz CT molecular complexity index is 960. The molecule has 0 bridgehead atoms. The first-order chi connectivity index (χ1) is 13.4. The molecular weight excluding hydrogens is 382 g/mol. The molecule has 4 rings (SSSR count). The minimum atomic E-state index is -1.94. The third kappa shape index (κ3) is 3.02. The number of benzene rings is 2. The van der Waals surface area contributed by atoms with E-state index in [1.54, 1.807) is 36.4 Å². The van der Waals surface area contributed by atoms with Gasteiger partial charge in [-0.2, -0.15) is 0 Å². The second-order valence-electron chi connectivity index (χ2n) is 6.94. The molecule has 1 unspecified atom stereocenters. The number of anilines is 1. The molecule has 2 heterocycles. The van der Waals surface area contributed by atoms with Gasteiger partial charge in [0, 0.05) is 22.7 Å². The van der Waals surface area contributed by atoms with Crippen molar-refractivity contribution in [3.05, 3.63) is 52.5 Å². The average Bonchev–Trinajstić information content (AvgIpc) is 2.89. The molecule has 6 nitrogen and oxygen atoms in total. The Labute approximate surface area is 167 Å². The fourth-order valence-corrected chi connectivity index (χ4v) is 3.86. The van der Waals surface area contributed by atoms with Gasteiger partial charge in [-0.15, -0.1) is 0 Å². The summed E-state index contributed by atoms with van der Waals surface area (Å²) in [6.45, 7) is 3.26. The van der Waals surface area contributed by atoms with Crippen LogP contribution in [0.5, 0.6) is 11.5 Å². The Morgan fingerprint density at radius 3 is 2.68 bits per heavy atom. The van der Waals surface area contributed by atoms with E-state index in [2.05, 4.69) is 0 Å². The van der Waals surface area contributed by atoms with Gasteiger partial charge in [0.15, 0.2) is 22.9 Å². The SMILES string of the molecule is CCCN1C(=O)C(O)(CC(=O)c2ccc3c(c2)OCCO3)c2cc(Cl)ccc21. The maximum atomic E-state index is 13.0. The number of hydrogen-bond donors (Lipinski definition) is 1. The number of amides is 1. The Morgan fingerprint density at radius 2 is 1.93 bits per heavy atom. The van der Waals surface area contributed by atoms with Gasteiger partial charge in [0.25, 0.3) is 5.91 Å². The summed E-state index contributed by atoms with van der Waals surface area (Å²) in [6, 6.07) is 9.80. The largest absolute Gasteiger partial charge is 0.486 e. The third-order valence-corrected chi connectivity index (χ3v) is 5.26. The van der Waals surface area contributed by atoms with Crippen LogP contribution >= 0.6 is 11.6 Å². The molecule has 1 amide bonds. The number of nitrogens with zero attached hydrogens (tertiary/aromatic N) is 1. The summed E-state index contributed by atoms with van der Waals surface area (Å²) >= 11 is 6.10. The minimum absolute atomic E-state index is 0.350. The minimum Gasteiger partial charge on any atom is -0.486 e. The summed E-state index contributed by atoms with van der Waals surface area (Å²) in [6.07, 6.45) is 0.346. The van der Waals surface area contributed by atoms with Gasteiger partial charge in [-0.1, -0.05) is 18.5 Å². The van der Waals surface area contributed by atoms with Crippen LogP contribution in [-0.4, -0.2) is 36.6 Å². The van der Waals surface area contributed by atoms with E-state index in [-0.39, 0.29) is 12.2 Å². The molecule has 2 aliphatic heterocycles. The van der Waals surface area contributed by atoms with E-state index in [4.69, 9.17) is 21.1 Å². The quantitative estimate of drug-likeness (QED) is 0.778. The number of hydrogen-bond acceptors (Lipinski definition) is 5. The molecule has 28 heavy (non-hydrogen) atoms. The molecule has 1 N–H and O–H groups in total. The zero-order chi connectivity index (χ0) is 19.9. The molecule has 2 aromatic carbocycles. The van der Waals surface area contributed by atoms with Gasteiger partial charge < -0.3 is 19.5 Å². The topological polar surface area (TPSA) is 76.1 Å². The smallest absolute Gasteiger partial charge is 0.264 e. The lowest BCUT2D eigenvalue weighted by atomic mass is 9.88. The summed E-state index contributed by atoms with van der Waals surface area (Å²) in [5.41, 5.74) is -0.638. The van der Waals surface area contributed by atoms with Crippen molar-refractivity contribution < 1.29 is 24.2 Å². The number of aliphatic hydroxyl groups is 1. The first-order valence-electron chi connectivity index (χ1n) is 9.21. The Morgan fingerprint density at radius 1 is 1.18 bits per heavy atom. The highest BCUT2D eigenvalue weighted by atomic mass is 35.5. The number of halogens is 1. The summed E-state index contributed by atoms with van der Waals surface area (Å²) in [7, 11) is 0. The lowest BCUT2D eigenvalue weighted by Gasteiger charge is -2.23. The highest BCUT2D eigenvalue weighted by Crippen LogP contribution is 2.44. The van der Waals surface area contributed by atoms with Gasteiger partial charge in [0.05, 0.1) is 12.1 Å². The Balaban J connectivity index is 1.67. The van der Waals surface area contributed by atoms with Crippen molar-refractivity contribution in [3.63, 3.8) is 0 Å². The molecule has 2 aliphatic rings. The molecule has 7 heteroatoms. The molecule has 146 valence electrons. The van der Waals surface area contributed by atoms with Crippen LogP contribution in [0.1, 0.15) is 35.7 Å². The molecule has 0 saturated heterocycles. The molecule has 1 atom stereocenters. The standard InChI is InChI=1S/C21H20ClNO5/c1-2-7-23-16-5-4-14(22)11-15(16)21(26,20(23)25)12-17(24)13-3-6-18-19(10-13)28-9-8-27-18/h3-6,10-11,26H,2,7-9,12H2,1H3. The van der Waals surface area contributed by atoms with E-state index < -0.39 is 11.5 Å². The van der Waals surface area contributed by atoms with E-state index in [9.17, 15) is 14.7 Å². The van der Waals surface area contributed by atoms with Gasteiger partial charge in [-0.25, -0.2) is 0 Å². The van der Waals surface area contributed by atoms with Crippen molar-refractivity contribution in [1.82, 2.24) is 0 Å². The van der Waals surface area contributed by atoms with Crippen molar-refractivity contribution >= 4 is 29.0 Å². The third-order valence-electron chi connectivity index (χ3n) is 5.02. The van der Waals surface area contributed by atoms with Gasteiger partial charge in [0.2, 0.25) is 0 Å². The second-order valence-corrected chi connectivity index (χ2v) is 7.37. The predicted octanol–water partition coefficient (Wildman–Crippen LogP) is 3.33. The summed E-state index contributed by atoms with van der Waals surface area (Å²) in [5, 5.41) is 11.7. The van der Waals surface area contributed by atoms with Crippen LogP contribution in [0.25, 0.3) is 0 Å². The molecule has 0 aromatic heterocycles. The van der Waals surface area contributed by atoms with Crippen LogP contribution in [0.2, 0.25) is 5.02 Å². The number of fused-ring (bicyclic) bond motifs is 2. The maximum Gasteiger partial charge on any atom is 0.264 e. The number of carbonyl (C=O) groups is 2. The van der Waals surface area contributed by atoms with Gasteiger partial charge in [-0.05, 0) is 42.8 Å². The zero-order valence-electron chi connectivity index (χ0n) is 15.4. The number of Topliss-reactive ketones (excluding diaryl/α,β-unsaturated/α-hetero) is 1. The van der Waals surface area contributed by atoms with Crippen LogP contribution in [0.15, 0.2) is 36.4 Å². The highest BCUT2D eigenvalue weighted by Gasteiger charge is 2.50. The van der Waals surface area contributed by atoms with Crippen LogP contribution in [-0.2, 0) is 10.4 Å². The number of ether oxygens (including phenoxy) is 2. The van der Waals surface area contributed by atoms with Gasteiger partial charge in [0.1, 0.15) is 13.2 Å². The van der Waals surface area contributed by atoms with E-state index in [0.29, 0.717) is 53.1 Å². The summed E-state index contributed by atoms with van der Waals surface area (Å²) < 4.78 is 11.0. The van der Waals surface area contributed by atoms with E-state index >= 15 is 0 Å². The maximum absolute atomic E-state index is 13.0.